The first kappa shape index (κ1) is 22.4. The van der Waals surface area contributed by atoms with E-state index in [9.17, 15) is 18.8 Å². The normalized spacial score (nSPS) is 18.9. The van der Waals surface area contributed by atoms with E-state index in [1.165, 1.54) is 17.0 Å². The van der Waals surface area contributed by atoms with Crippen LogP contribution in [0, 0.1) is 24.1 Å². The Hall–Kier alpha value is -3.28. The minimum absolute atomic E-state index is 0.0737. The van der Waals surface area contributed by atoms with Gasteiger partial charge in [0.15, 0.2) is 12.0 Å². The van der Waals surface area contributed by atoms with Crippen LogP contribution >= 0.6 is 0 Å². The van der Waals surface area contributed by atoms with Crippen LogP contribution in [-0.4, -0.2) is 51.9 Å². The van der Waals surface area contributed by atoms with Gasteiger partial charge in [-0.05, 0) is 45.9 Å². The molecule has 1 aromatic carbocycles. The summed E-state index contributed by atoms with van der Waals surface area (Å²) in [6.45, 7) is 6.98. The van der Waals surface area contributed by atoms with Crippen LogP contribution in [0.4, 0.5) is 13.6 Å². The molecular formula is C22H24F2N4O3. The van der Waals surface area contributed by atoms with Crippen molar-refractivity contribution in [3.05, 3.63) is 41.6 Å². The Labute approximate surface area is 179 Å². The van der Waals surface area contributed by atoms with E-state index in [1.807, 2.05) is 6.07 Å². The molecule has 0 saturated carbocycles. The number of ether oxygens (including phenoxy) is 2. The quantitative estimate of drug-likeness (QED) is 0.726. The Bertz CT molecular complexity index is 1020. The summed E-state index contributed by atoms with van der Waals surface area (Å²) in [6.07, 6.45) is -1.53. The number of halogens is 2. The van der Waals surface area contributed by atoms with Gasteiger partial charge in [0.2, 0.25) is 0 Å². The van der Waals surface area contributed by atoms with Gasteiger partial charge < -0.3 is 14.4 Å². The van der Waals surface area contributed by atoms with Crippen LogP contribution in [-0.2, 0) is 4.74 Å². The Kier molecular flexibility index (Phi) is 6.39. The number of amides is 1. The van der Waals surface area contributed by atoms with Crippen molar-refractivity contribution in [1.82, 2.24) is 14.9 Å². The van der Waals surface area contributed by atoms with Crippen LogP contribution < -0.4 is 4.74 Å². The number of rotatable bonds is 3. The molecule has 1 aromatic heterocycles. The smallest absolute Gasteiger partial charge is 0.410 e. The van der Waals surface area contributed by atoms with Gasteiger partial charge in [0.1, 0.15) is 35.0 Å². The maximum absolute atomic E-state index is 14.7. The highest BCUT2D eigenvalue weighted by atomic mass is 19.1. The SMILES string of the molecule is Cc1ncc(F)c(-c2ccc(OC3CCN(C(=O)OC(C)(C)C)CC3F)c(C#N)c2)n1. The van der Waals surface area contributed by atoms with Crippen molar-refractivity contribution in [1.29, 1.82) is 5.26 Å². The van der Waals surface area contributed by atoms with Gasteiger partial charge in [0, 0.05) is 18.5 Å². The van der Waals surface area contributed by atoms with Crippen LogP contribution in [0.1, 0.15) is 38.6 Å². The maximum atomic E-state index is 14.7. The number of likely N-dealkylation sites (tertiary alicyclic amines) is 1. The van der Waals surface area contributed by atoms with Crippen LogP contribution in [0.5, 0.6) is 5.75 Å². The van der Waals surface area contributed by atoms with E-state index in [0.29, 0.717) is 11.4 Å². The van der Waals surface area contributed by atoms with Crippen molar-refractivity contribution in [2.24, 2.45) is 0 Å². The minimum atomic E-state index is -1.45. The highest BCUT2D eigenvalue weighted by Gasteiger charge is 2.35. The molecule has 1 saturated heterocycles. The first-order valence-electron chi connectivity index (χ1n) is 9.89. The molecule has 0 spiro atoms. The molecule has 2 aromatic rings. The molecule has 2 heterocycles. The number of alkyl halides is 1. The second-order valence-corrected chi connectivity index (χ2v) is 8.32. The van der Waals surface area contributed by atoms with Crippen LogP contribution in [0.25, 0.3) is 11.3 Å². The van der Waals surface area contributed by atoms with E-state index < -0.39 is 29.8 Å². The van der Waals surface area contributed by atoms with E-state index >= 15 is 0 Å². The van der Waals surface area contributed by atoms with Gasteiger partial charge in [-0.25, -0.2) is 23.5 Å². The number of benzene rings is 1. The van der Waals surface area contributed by atoms with Crippen molar-refractivity contribution in [3.63, 3.8) is 0 Å². The second-order valence-electron chi connectivity index (χ2n) is 8.32. The Balaban J connectivity index is 1.73. The molecule has 1 fully saturated rings. The third-order valence-corrected chi connectivity index (χ3v) is 4.65. The second kappa shape index (κ2) is 8.84. The summed E-state index contributed by atoms with van der Waals surface area (Å²) >= 11 is 0. The van der Waals surface area contributed by atoms with Crippen molar-refractivity contribution >= 4 is 6.09 Å². The largest absolute Gasteiger partial charge is 0.486 e. The van der Waals surface area contributed by atoms with Crippen molar-refractivity contribution < 1.29 is 23.0 Å². The molecule has 1 aliphatic rings. The van der Waals surface area contributed by atoms with Gasteiger partial charge in [0.05, 0.1) is 18.3 Å². The molecule has 0 bridgehead atoms. The minimum Gasteiger partial charge on any atom is -0.486 e. The topological polar surface area (TPSA) is 88.3 Å². The summed E-state index contributed by atoms with van der Waals surface area (Å²) in [4.78, 5) is 21.3. The molecular weight excluding hydrogens is 406 g/mol. The third kappa shape index (κ3) is 5.45. The van der Waals surface area contributed by atoms with Crippen LogP contribution in [0.2, 0.25) is 0 Å². The summed E-state index contributed by atoms with van der Waals surface area (Å²) in [5, 5.41) is 9.51. The maximum Gasteiger partial charge on any atom is 0.410 e. The average Bonchev–Trinajstić information content (AvgIpc) is 2.70. The number of nitriles is 1. The third-order valence-electron chi connectivity index (χ3n) is 4.65. The Morgan fingerprint density at radius 1 is 1.35 bits per heavy atom. The number of hydrogen-bond donors (Lipinski definition) is 0. The zero-order valence-corrected chi connectivity index (χ0v) is 17.9. The lowest BCUT2D eigenvalue weighted by molar-refractivity contribution is -0.0106. The summed E-state index contributed by atoms with van der Waals surface area (Å²) < 4.78 is 39.9. The fourth-order valence-corrected chi connectivity index (χ4v) is 3.20. The molecule has 7 nitrogen and oxygen atoms in total. The van der Waals surface area contributed by atoms with E-state index in [2.05, 4.69) is 9.97 Å². The molecule has 1 aliphatic heterocycles. The zero-order valence-electron chi connectivity index (χ0n) is 17.9. The molecule has 2 unspecified atom stereocenters. The molecule has 2 atom stereocenters. The fraction of sp³-hybridized carbons (Fsp3) is 0.455. The highest BCUT2D eigenvalue weighted by molar-refractivity contribution is 5.68. The van der Waals surface area contributed by atoms with Gasteiger partial charge in [-0.15, -0.1) is 0 Å². The number of aromatic nitrogens is 2. The molecule has 3 rings (SSSR count). The summed E-state index contributed by atoms with van der Waals surface area (Å²) in [6, 6.07) is 6.50. The molecule has 0 aliphatic carbocycles. The van der Waals surface area contributed by atoms with Gasteiger partial charge in [-0.3, -0.25) is 0 Å². The number of carbonyl (C=O) groups is 1. The Morgan fingerprint density at radius 3 is 2.74 bits per heavy atom. The van der Waals surface area contributed by atoms with E-state index in [1.54, 1.807) is 33.8 Å². The average molecular weight is 430 g/mol. The number of carbonyl (C=O) groups excluding carboxylic acids is 1. The van der Waals surface area contributed by atoms with Gasteiger partial charge in [0.25, 0.3) is 0 Å². The molecule has 0 N–H and O–H groups in total. The van der Waals surface area contributed by atoms with E-state index in [4.69, 9.17) is 9.47 Å². The lowest BCUT2D eigenvalue weighted by Crippen LogP contribution is -2.50. The number of nitrogens with zero attached hydrogens (tertiary/aromatic N) is 4. The fourth-order valence-electron chi connectivity index (χ4n) is 3.20. The molecule has 9 heteroatoms. The zero-order chi connectivity index (χ0) is 22.8. The van der Waals surface area contributed by atoms with Crippen molar-refractivity contribution in [2.75, 3.05) is 13.1 Å². The lowest BCUT2D eigenvalue weighted by Gasteiger charge is -2.35. The summed E-state index contributed by atoms with van der Waals surface area (Å²) in [5.41, 5.74) is -0.0653. The molecule has 1 amide bonds. The standard InChI is InChI=1S/C22H24F2N4O3/c1-13-26-11-16(23)20(27-13)14-5-6-18(15(9-14)10-25)30-19-7-8-28(12-17(19)24)21(29)31-22(2,3)4/h5-6,9,11,17,19H,7-8,12H2,1-4H3. The predicted molar refractivity (Wildman–Crippen MR) is 109 cm³/mol. The van der Waals surface area contributed by atoms with E-state index in [0.717, 1.165) is 6.20 Å². The molecule has 0 radical (unpaired) electrons. The predicted octanol–water partition coefficient (Wildman–Crippen LogP) is 4.19. The van der Waals surface area contributed by atoms with Gasteiger partial charge in [-0.2, -0.15) is 5.26 Å². The van der Waals surface area contributed by atoms with Gasteiger partial charge in [-0.1, -0.05) is 0 Å². The molecule has 164 valence electrons. The number of hydrogen-bond acceptors (Lipinski definition) is 6. The Morgan fingerprint density at radius 2 is 2.10 bits per heavy atom. The van der Waals surface area contributed by atoms with E-state index in [-0.39, 0.29) is 36.5 Å². The highest BCUT2D eigenvalue weighted by Crippen LogP contribution is 2.29. The lowest BCUT2D eigenvalue weighted by atomic mass is 10.0. The number of piperidine rings is 1. The first-order valence-corrected chi connectivity index (χ1v) is 9.89. The van der Waals surface area contributed by atoms with Crippen molar-refractivity contribution in [3.8, 4) is 23.1 Å². The number of aryl methyl sites for hydroxylation is 1. The summed E-state index contributed by atoms with van der Waals surface area (Å²) in [5.74, 6) is -0.0236. The van der Waals surface area contributed by atoms with Crippen LogP contribution in [0.3, 0.4) is 0 Å². The van der Waals surface area contributed by atoms with Crippen LogP contribution in [0.15, 0.2) is 24.4 Å². The van der Waals surface area contributed by atoms with Crippen molar-refractivity contribution in [2.45, 2.75) is 52.0 Å². The monoisotopic (exact) mass is 430 g/mol. The van der Waals surface area contributed by atoms with Gasteiger partial charge >= 0.3 is 6.09 Å². The summed E-state index contributed by atoms with van der Waals surface area (Å²) in [7, 11) is 0. The first-order chi connectivity index (χ1) is 14.6. The molecule has 31 heavy (non-hydrogen) atoms.